The van der Waals surface area contributed by atoms with Crippen LogP contribution in [0.3, 0.4) is 0 Å². The van der Waals surface area contributed by atoms with Gasteiger partial charge in [-0.1, -0.05) is 0 Å². The summed E-state index contributed by atoms with van der Waals surface area (Å²) in [6.45, 7) is 0. The van der Waals surface area contributed by atoms with Gasteiger partial charge in [-0.2, -0.15) is 0 Å². The van der Waals surface area contributed by atoms with Crippen molar-refractivity contribution in [3.63, 3.8) is 0 Å². The highest BCUT2D eigenvalue weighted by molar-refractivity contribution is 7.13. The second kappa shape index (κ2) is 6.28. The van der Waals surface area contributed by atoms with E-state index in [2.05, 4.69) is 9.97 Å². The average Bonchev–Trinajstić information content (AvgIpc) is 3.35. The number of aromatic nitrogens is 2. The Morgan fingerprint density at radius 1 is 1.14 bits per heavy atom. The molecule has 1 aromatic carbocycles. The number of anilines is 1. The summed E-state index contributed by atoms with van der Waals surface area (Å²) < 4.78 is 11.1. The quantitative estimate of drug-likeness (QED) is 0.532. The van der Waals surface area contributed by atoms with Gasteiger partial charge in [-0.15, -0.1) is 11.3 Å². The van der Waals surface area contributed by atoms with Crippen LogP contribution in [-0.2, 0) is 0 Å². The van der Waals surface area contributed by atoms with Gasteiger partial charge in [0.15, 0.2) is 10.6 Å². The van der Waals surface area contributed by atoms with Crippen molar-refractivity contribution < 1.29 is 13.9 Å². The maximum absolute atomic E-state index is 13.4. The van der Waals surface area contributed by atoms with E-state index in [4.69, 9.17) is 9.15 Å². The molecule has 1 amide bonds. The maximum Gasteiger partial charge on any atom is 0.297 e. The number of hydrogen-bond donors (Lipinski definition) is 0. The van der Waals surface area contributed by atoms with Crippen LogP contribution in [0, 0.1) is 0 Å². The van der Waals surface area contributed by atoms with Gasteiger partial charge in [0.05, 0.1) is 24.1 Å². The van der Waals surface area contributed by atoms with Gasteiger partial charge in [0.1, 0.15) is 11.3 Å². The molecule has 0 aliphatic carbocycles. The first kappa shape index (κ1) is 16.6. The highest BCUT2D eigenvalue weighted by atomic mass is 32.1. The smallest absolute Gasteiger partial charge is 0.297 e. The first-order chi connectivity index (χ1) is 13.7. The molecule has 0 saturated heterocycles. The van der Waals surface area contributed by atoms with E-state index in [1.165, 1.54) is 23.3 Å². The lowest BCUT2D eigenvalue weighted by Gasteiger charge is -2.22. The number of amides is 1. The Morgan fingerprint density at radius 3 is 2.68 bits per heavy atom. The standard InChI is InChI=1S/C20H13N3O4S/c1-26-12-2-3-13-14(10-12)27-18-15(17(13)24)16(11-4-6-21-7-5-11)23(19(18)25)20-22-8-9-28-20/h2-10,16H,1H3/t16-/m0/s1. The third-order valence-corrected chi connectivity index (χ3v) is 5.50. The number of benzene rings is 1. The first-order valence-corrected chi connectivity index (χ1v) is 9.34. The molecule has 0 saturated carbocycles. The molecule has 0 unspecified atom stereocenters. The average molecular weight is 391 g/mol. The van der Waals surface area contributed by atoms with Crippen LogP contribution in [0.4, 0.5) is 5.13 Å². The second-order valence-electron chi connectivity index (χ2n) is 6.21. The number of carbonyl (C=O) groups is 1. The van der Waals surface area contributed by atoms with Gasteiger partial charge in [0, 0.05) is 30.0 Å². The minimum absolute atomic E-state index is 0.0303. The summed E-state index contributed by atoms with van der Waals surface area (Å²) in [4.78, 5) is 36.4. The molecule has 0 N–H and O–H groups in total. The zero-order valence-electron chi connectivity index (χ0n) is 14.7. The van der Waals surface area contributed by atoms with Crippen LogP contribution in [0.5, 0.6) is 5.75 Å². The van der Waals surface area contributed by atoms with Gasteiger partial charge >= 0.3 is 0 Å². The van der Waals surface area contributed by atoms with Gasteiger partial charge in [0.25, 0.3) is 5.91 Å². The number of fused-ring (bicyclic) bond motifs is 2. The second-order valence-corrected chi connectivity index (χ2v) is 7.08. The van der Waals surface area contributed by atoms with E-state index in [-0.39, 0.29) is 11.2 Å². The van der Waals surface area contributed by atoms with Crippen molar-refractivity contribution in [3.8, 4) is 5.75 Å². The predicted octanol–water partition coefficient (Wildman–Crippen LogP) is 3.40. The number of pyridine rings is 1. The van der Waals surface area contributed by atoms with Gasteiger partial charge in [-0.25, -0.2) is 4.98 Å². The van der Waals surface area contributed by atoms with Crippen LogP contribution in [-0.4, -0.2) is 23.0 Å². The normalized spacial score (nSPS) is 15.8. The fraction of sp³-hybridized carbons (Fsp3) is 0.100. The van der Waals surface area contributed by atoms with Crippen molar-refractivity contribution in [1.82, 2.24) is 9.97 Å². The van der Waals surface area contributed by atoms with Crippen molar-refractivity contribution in [2.75, 3.05) is 12.0 Å². The lowest BCUT2D eigenvalue weighted by molar-refractivity contribution is 0.0971. The van der Waals surface area contributed by atoms with Crippen LogP contribution in [0.25, 0.3) is 11.0 Å². The van der Waals surface area contributed by atoms with E-state index in [1.807, 2.05) is 0 Å². The molecule has 138 valence electrons. The fourth-order valence-electron chi connectivity index (χ4n) is 3.47. The van der Waals surface area contributed by atoms with Crippen LogP contribution >= 0.6 is 11.3 Å². The number of methoxy groups -OCH3 is 1. The van der Waals surface area contributed by atoms with E-state index in [0.29, 0.717) is 27.4 Å². The summed E-state index contributed by atoms with van der Waals surface area (Å²) in [5, 5.41) is 2.68. The topological polar surface area (TPSA) is 85.5 Å². The summed E-state index contributed by atoms with van der Waals surface area (Å²) in [5.74, 6) is 0.180. The molecule has 1 aliphatic heterocycles. The molecule has 0 bridgehead atoms. The lowest BCUT2D eigenvalue weighted by Crippen LogP contribution is -2.29. The number of hydrogen-bond acceptors (Lipinski definition) is 7. The van der Waals surface area contributed by atoms with Crippen molar-refractivity contribution in [3.05, 3.63) is 81.4 Å². The number of nitrogens with zero attached hydrogens (tertiary/aromatic N) is 3. The van der Waals surface area contributed by atoms with Crippen LogP contribution in [0.15, 0.2) is 63.5 Å². The zero-order chi connectivity index (χ0) is 19.3. The summed E-state index contributed by atoms with van der Waals surface area (Å²) in [6.07, 6.45) is 4.88. The van der Waals surface area contributed by atoms with Gasteiger partial charge in [-0.3, -0.25) is 19.5 Å². The maximum atomic E-state index is 13.4. The van der Waals surface area contributed by atoms with E-state index < -0.39 is 11.9 Å². The molecule has 1 atom stereocenters. The molecule has 3 aromatic heterocycles. The molecule has 5 rings (SSSR count). The third-order valence-electron chi connectivity index (χ3n) is 4.73. The van der Waals surface area contributed by atoms with E-state index in [1.54, 1.807) is 54.3 Å². The molecule has 4 heterocycles. The summed E-state index contributed by atoms with van der Waals surface area (Å²) >= 11 is 1.32. The summed E-state index contributed by atoms with van der Waals surface area (Å²) in [6, 6.07) is 7.90. The molecule has 28 heavy (non-hydrogen) atoms. The minimum atomic E-state index is -0.626. The highest BCUT2D eigenvalue weighted by Gasteiger charge is 2.44. The highest BCUT2D eigenvalue weighted by Crippen LogP contribution is 2.41. The van der Waals surface area contributed by atoms with Crippen LogP contribution in [0.2, 0.25) is 0 Å². The largest absolute Gasteiger partial charge is 0.497 e. The minimum Gasteiger partial charge on any atom is -0.497 e. The first-order valence-electron chi connectivity index (χ1n) is 8.47. The Balaban J connectivity index is 1.82. The number of thiazole rings is 1. The molecule has 1 aliphatic rings. The summed E-state index contributed by atoms with van der Waals surface area (Å²) in [5.41, 5.74) is 1.14. The monoisotopic (exact) mass is 391 g/mol. The molecular formula is C20H13N3O4S. The van der Waals surface area contributed by atoms with Crippen LogP contribution in [0.1, 0.15) is 27.7 Å². The molecule has 8 heteroatoms. The van der Waals surface area contributed by atoms with Crippen molar-refractivity contribution in [2.45, 2.75) is 6.04 Å². The number of ether oxygens (including phenoxy) is 1. The van der Waals surface area contributed by atoms with Gasteiger partial charge in [-0.05, 0) is 29.8 Å². The SMILES string of the molecule is COc1ccc2c(=O)c3c(oc2c1)C(=O)N(c1nccs1)[C@H]3c1ccncc1. The van der Waals surface area contributed by atoms with Gasteiger partial charge < -0.3 is 9.15 Å². The van der Waals surface area contributed by atoms with Gasteiger partial charge in [0.2, 0.25) is 5.76 Å². The van der Waals surface area contributed by atoms with Crippen molar-refractivity contribution in [1.29, 1.82) is 0 Å². The van der Waals surface area contributed by atoms with Crippen molar-refractivity contribution in [2.24, 2.45) is 0 Å². The molecule has 7 nitrogen and oxygen atoms in total. The Bertz CT molecular complexity index is 1250. The third kappa shape index (κ3) is 2.35. The fourth-order valence-corrected chi connectivity index (χ4v) is 4.14. The summed E-state index contributed by atoms with van der Waals surface area (Å²) in [7, 11) is 1.53. The predicted molar refractivity (Wildman–Crippen MR) is 104 cm³/mol. The Labute approximate surface area is 162 Å². The molecule has 0 fully saturated rings. The van der Waals surface area contributed by atoms with Crippen LogP contribution < -0.4 is 15.1 Å². The zero-order valence-corrected chi connectivity index (χ0v) is 15.5. The van der Waals surface area contributed by atoms with E-state index >= 15 is 0 Å². The Kier molecular flexibility index (Phi) is 3.73. The number of rotatable bonds is 3. The molecule has 0 spiro atoms. The Hall–Kier alpha value is -3.52. The molecule has 0 radical (unpaired) electrons. The number of carbonyl (C=O) groups excluding carboxylic acids is 1. The van der Waals surface area contributed by atoms with E-state index in [9.17, 15) is 9.59 Å². The van der Waals surface area contributed by atoms with Crippen molar-refractivity contribution >= 4 is 33.3 Å². The molecular weight excluding hydrogens is 378 g/mol. The van der Waals surface area contributed by atoms with E-state index in [0.717, 1.165) is 5.56 Å². The molecule has 4 aromatic rings. The Morgan fingerprint density at radius 2 is 1.96 bits per heavy atom. The lowest BCUT2D eigenvalue weighted by atomic mass is 9.99.